The minimum atomic E-state index is -1.19. The van der Waals surface area contributed by atoms with E-state index < -0.39 is 25.4 Å². The fraction of sp³-hybridized carbons (Fsp3) is 0.636. The first-order chi connectivity index (χ1) is 8.60. The van der Waals surface area contributed by atoms with Crippen LogP contribution in [0.5, 0.6) is 0 Å². The highest BCUT2D eigenvalue weighted by Crippen LogP contribution is 2.18. The Bertz CT molecular complexity index is 374. The molecular formula is C11H20N4O3. The molecule has 1 aromatic heterocycles. The van der Waals surface area contributed by atoms with Gasteiger partial charge in [-0.05, 0) is 13.8 Å². The first-order valence-electron chi connectivity index (χ1n) is 5.79. The van der Waals surface area contributed by atoms with Crippen LogP contribution in [0.4, 0.5) is 11.8 Å². The highest BCUT2D eigenvalue weighted by molar-refractivity contribution is 5.48. The lowest BCUT2D eigenvalue weighted by atomic mass is 10.0. The summed E-state index contributed by atoms with van der Waals surface area (Å²) in [5.41, 5.74) is -0.431. The first-order valence-corrected chi connectivity index (χ1v) is 5.79. The van der Waals surface area contributed by atoms with Crippen molar-refractivity contribution in [3.05, 3.63) is 11.8 Å². The molecule has 0 radical (unpaired) electrons. The molecule has 0 aromatic carbocycles. The predicted molar refractivity (Wildman–Crippen MR) is 68.5 cm³/mol. The van der Waals surface area contributed by atoms with Gasteiger partial charge in [0.15, 0.2) is 0 Å². The van der Waals surface area contributed by atoms with Gasteiger partial charge in [-0.2, -0.15) is 4.98 Å². The van der Waals surface area contributed by atoms with Gasteiger partial charge in [0, 0.05) is 18.3 Å². The van der Waals surface area contributed by atoms with Gasteiger partial charge in [0.1, 0.15) is 11.4 Å². The summed E-state index contributed by atoms with van der Waals surface area (Å²) in [5, 5.41) is 33.6. The minimum absolute atomic E-state index is 0.403. The lowest BCUT2D eigenvalue weighted by Crippen LogP contribution is -2.49. The SMILES string of the molecule is CCNc1ncc(C)c(NC(CO)(CO)CO)n1. The van der Waals surface area contributed by atoms with Crippen LogP contribution in [0.1, 0.15) is 12.5 Å². The van der Waals surface area contributed by atoms with Gasteiger partial charge in [-0.3, -0.25) is 0 Å². The van der Waals surface area contributed by atoms with E-state index in [4.69, 9.17) is 0 Å². The molecular weight excluding hydrogens is 236 g/mol. The Morgan fingerprint density at radius 2 is 1.83 bits per heavy atom. The lowest BCUT2D eigenvalue weighted by molar-refractivity contribution is 0.0830. The molecule has 0 aliphatic rings. The quantitative estimate of drug-likeness (QED) is 0.440. The van der Waals surface area contributed by atoms with Crippen molar-refractivity contribution in [3.63, 3.8) is 0 Å². The van der Waals surface area contributed by atoms with E-state index in [0.717, 1.165) is 5.56 Å². The number of aliphatic hydroxyl groups excluding tert-OH is 3. The highest BCUT2D eigenvalue weighted by atomic mass is 16.3. The molecule has 18 heavy (non-hydrogen) atoms. The van der Waals surface area contributed by atoms with E-state index in [-0.39, 0.29) is 0 Å². The Balaban J connectivity index is 2.97. The van der Waals surface area contributed by atoms with Gasteiger partial charge in [-0.15, -0.1) is 0 Å². The highest BCUT2D eigenvalue weighted by Gasteiger charge is 2.28. The average Bonchev–Trinajstić information content (AvgIpc) is 2.40. The van der Waals surface area contributed by atoms with Gasteiger partial charge in [0.25, 0.3) is 0 Å². The molecule has 0 spiro atoms. The molecule has 1 heterocycles. The number of nitrogens with zero attached hydrogens (tertiary/aromatic N) is 2. The fourth-order valence-electron chi connectivity index (χ4n) is 1.33. The number of hydrogen-bond donors (Lipinski definition) is 5. The van der Waals surface area contributed by atoms with Crippen molar-refractivity contribution in [2.45, 2.75) is 19.4 Å². The molecule has 0 atom stereocenters. The summed E-state index contributed by atoms with van der Waals surface area (Å²) in [4.78, 5) is 8.31. The molecule has 0 unspecified atom stereocenters. The lowest BCUT2D eigenvalue weighted by Gasteiger charge is -2.29. The molecule has 7 heteroatoms. The van der Waals surface area contributed by atoms with E-state index in [1.807, 2.05) is 6.92 Å². The second-order valence-electron chi connectivity index (χ2n) is 4.14. The van der Waals surface area contributed by atoms with Crippen LogP contribution in [0.15, 0.2) is 6.20 Å². The second-order valence-corrected chi connectivity index (χ2v) is 4.14. The van der Waals surface area contributed by atoms with Crippen molar-refractivity contribution in [3.8, 4) is 0 Å². The van der Waals surface area contributed by atoms with Gasteiger partial charge < -0.3 is 26.0 Å². The van der Waals surface area contributed by atoms with E-state index in [0.29, 0.717) is 18.3 Å². The molecule has 0 saturated carbocycles. The van der Waals surface area contributed by atoms with Gasteiger partial charge in [-0.1, -0.05) is 0 Å². The van der Waals surface area contributed by atoms with Crippen molar-refractivity contribution in [2.24, 2.45) is 0 Å². The van der Waals surface area contributed by atoms with Crippen LogP contribution >= 0.6 is 0 Å². The van der Waals surface area contributed by atoms with Crippen LogP contribution in [-0.4, -0.2) is 57.2 Å². The van der Waals surface area contributed by atoms with Crippen LogP contribution < -0.4 is 10.6 Å². The maximum absolute atomic E-state index is 9.26. The maximum atomic E-state index is 9.26. The molecule has 0 aliphatic carbocycles. The molecule has 0 fully saturated rings. The summed E-state index contributed by atoms with van der Waals surface area (Å²) in [6, 6.07) is 0. The molecule has 0 aliphatic heterocycles. The Morgan fingerprint density at radius 1 is 1.22 bits per heavy atom. The molecule has 0 saturated heterocycles. The predicted octanol–water partition coefficient (Wildman–Crippen LogP) is -0.656. The van der Waals surface area contributed by atoms with Gasteiger partial charge in [0.2, 0.25) is 5.95 Å². The third kappa shape index (κ3) is 3.28. The minimum Gasteiger partial charge on any atom is -0.394 e. The monoisotopic (exact) mass is 256 g/mol. The van der Waals surface area contributed by atoms with E-state index in [1.165, 1.54) is 0 Å². The third-order valence-corrected chi connectivity index (χ3v) is 2.60. The Labute approximate surface area is 106 Å². The average molecular weight is 256 g/mol. The number of anilines is 2. The summed E-state index contributed by atoms with van der Waals surface area (Å²) >= 11 is 0. The zero-order valence-corrected chi connectivity index (χ0v) is 10.6. The van der Waals surface area contributed by atoms with Crippen LogP contribution in [0.25, 0.3) is 0 Å². The van der Waals surface area contributed by atoms with Crippen LogP contribution in [0.2, 0.25) is 0 Å². The number of aromatic nitrogens is 2. The standard InChI is InChI=1S/C11H20N4O3/c1-3-12-10-13-4-8(2)9(14-10)15-11(5-16,6-17)7-18/h4,16-18H,3,5-7H2,1-2H3,(H2,12,13,14,15). The van der Waals surface area contributed by atoms with E-state index in [9.17, 15) is 15.3 Å². The summed E-state index contributed by atoms with van der Waals surface area (Å²) < 4.78 is 0. The molecule has 5 N–H and O–H groups in total. The molecule has 1 aromatic rings. The van der Waals surface area contributed by atoms with Crippen LogP contribution in [0, 0.1) is 6.92 Å². The zero-order chi connectivity index (χ0) is 13.6. The van der Waals surface area contributed by atoms with Gasteiger partial charge in [0.05, 0.1) is 19.8 Å². The van der Waals surface area contributed by atoms with Crippen molar-refractivity contribution < 1.29 is 15.3 Å². The Kier molecular flexibility index (Phi) is 5.26. The van der Waals surface area contributed by atoms with Crippen molar-refractivity contribution in [2.75, 3.05) is 37.0 Å². The summed E-state index contributed by atoms with van der Waals surface area (Å²) in [6.45, 7) is 3.21. The number of aryl methyl sites for hydroxylation is 1. The first kappa shape index (κ1) is 14.6. The molecule has 1 rings (SSSR count). The maximum Gasteiger partial charge on any atom is 0.224 e. The van der Waals surface area contributed by atoms with E-state index >= 15 is 0 Å². The summed E-state index contributed by atoms with van der Waals surface area (Å²) in [6.07, 6.45) is 1.63. The largest absolute Gasteiger partial charge is 0.394 e. The number of rotatable bonds is 7. The Hall–Kier alpha value is -1.44. The van der Waals surface area contributed by atoms with Crippen LogP contribution in [-0.2, 0) is 0 Å². The van der Waals surface area contributed by atoms with Crippen LogP contribution in [0.3, 0.4) is 0 Å². The van der Waals surface area contributed by atoms with Crippen molar-refractivity contribution in [1.82, 2.24) is 9.97 Å². The Morgan fingerprint density at radius 3 is 2.33 bits per heavy atom. The zero-order valence-electron chi connectivity index (χ0n) is 10.6. The smallest absolute Gasteiger partial charge is 0.224 e. The topological polar surface area (TPSA) is 111 Å². The molecule has 102 valence electrons. The summed E-state index contributed by atoms with van der Waals surface area (Å²) in [5.74, 6) is 0.923. The molecule has 7 nitrogen and oxygen atoms in total. The van der Waals surface area contributed by atoms with Crippen molar-refractivity contribution in [1.29, 1.82) is 0 Å². The van der Waals surface area contributed by atoms with Gasteiger partial charge >= 0.3 is 0 Å². The number of aliphatic hydroxyl groups is 3. The van der Waals surface area contributed by atoms with E-state index in [1.54, 1.807) is 13.1 Å². The molecule has 0 bridgehead atoms. The normalized spacial score (nSPS) is 11.4. The second kappa shape index (κ2) is 6.48. The summed E-state index contributed by atoms with van der Waals surface area (Å²) in [7, 11) is 0. The fourth-order valence-corrected chi connectivity index (χ4v) is 1.33. The van der Waals surface area contributed by atoms with Crippen molar-refractivity contribution >= 4 is 11.8 Å². The van der Waals surface area contributed by atoms with E-state index in [2.05, 4.69) is 20.6 Å². The van der Waals surface area contributed by atoms with Gasteiger partial charge in [-0.25, -0.2) is 4.98 Å². The third-order valence-electron chi connectivity index (χ3n) is 2.60. The number of hydrogen-bond acceptors (Lipinski definition) is 7. The number of nitrogens with one attached hydrogen (secondary N) is 2. The molecule has 0 amide bonds.